The van der Waals surface area contributed by atoms with Crippen LogP contribution in [0.15, 0.2) is 158 Å². The Balaban J connectivity index is 4.49. The summed E-state index contributed by atoms with van der Waals surface area (Å²) in [7, 11) is -9.81. The third kappa shape index (κ3) is 78.1. The fourth-order valence-electron chi connectivity index (χ4n) is 10.2. The summed E-state index contributed by atoms with van der Waals surface area (Å²) in [5.41, 5.74) is 0. The maximum Gasteiger partial charge on any atom is 0.472 e. The zero-order valence-corrected chi connectivity index (χ0v) is 66.0. The highest BCUT2D eigenvalue weighted by atomic mass is 31.2. The molecule has 0 aromatic rings. The number of hydrogen-bond acceptors (Lipinski definition) is 14. The minimum Gasteiger partial charge on any atom is -0.463 e. The predicted octanol–water partition coefficient (Wildman–Crippen LogP) is 23.4. The van der Waals surface area contributed by atoms with Crippen molar-refractivity contribution in [1.29, 1.82) is 0 Å². The number of ether oxygens (including phenoxy) is 3. The molecular weight excluding hydrogens is 1340 g/mol. The molecule has 0 amide bonds. The van der Waals surface area contributed by atoms with Crippen LogP contribution in [0.2, 0.25) is 0 Å². The van der Waals surface area contributed by atoms with Gasteiger partial charge in [0.1, 0.15) is 25.4 Å². The molecule has 5 unspecified atom stereocenters. The summed E-state index contributed by atoms with van der Waals surface area (Å²) in [6.45, 7) is 2.36. The fourth-order valence-corrected chi connectivity index (χ4v) is 11.8. The van der Waals surface area contributed by atoms with E-state index in [9.17, 15) is 43.5 Å². The van der Waals surface area contributed by atoms with Crippen LogP contribution in [0.4, 0.5) is 0 Å². The van der Waals surface area contributed by atoms with Crippen LogP contribution in [0, 0.1) is 0 Å². The molecule has 5 atom stereocenters. The van der Waals surface area contributed by atoms with E-state index >= 15 is 0 Å². The number of carbonyl (C=O) groups excluding carboxylic acids is 3. The van der Waals surface area contributed by atoms with Gasteiger partial charge in [0, 0.05) is 19.3 Å². The molecule has 0 saturated carbocycles. The quantitative estimate of drug-likeness (QED) is 0.0146. The lowest BCUT2D eigenvalue weighted by Crippen LogP contribution is -2.30. The van der Waals surface area contributed by atoms with Gasteiger partial charge in [-0.05, 0) is 148 Å². The Kier molecular flexibility index (Phi) is 73.2. The summed E-state index contributed by atoms with van der Waals surface area (Å²) in [5.74, 6) is -1.63. The molecule has 0 heterocycles. The van der Waals surface area contributed by atoms with Gasteiger partial charge in [0.05, 0.1) is 26.4 Å². The van der Waals surface area contributed by atoms with Gasteiger partial charge in [0.2, 0.25) is 0 Å². The molecule has 0 rings (SSSR count). The van der Waals surface area contributed by atoms with Crippen molar-refractivity contribution < 1.29 is 75.8 Å². The molecule has 4 N–H and O–H groups in total. The van der Waals surface area contributed by atoms with Crippen LogP contribution in [-0.4, -0.2) is 95.9 Å². The first kappa shape index (κ1) is 98.2. The van der Waals surface area contributed by atoms with Crippen LogP contribution >= 0.6 is 15.6 Å². The molecule has 0 radical (unpaired) electrons. The average molecular weight is 1480 g/mol. The van der Waals surface area contributed by atoms with Crippen molar-refractivity contribution in [2.75, 3.05) is 39.6 Å². The van der Waals surface area contributed by atoms with Crippen molar-refractivity contribution in [3.05, 3.63) is 158 Å². The van der Waals surface area contributed by atoms with Gasteiger partial charge in [0.25, 0.3) is 0 Å². The Morgan fingerprint density at radius 3 is 0.825 bits per heavy atom. The molecule has 0 aliphatic carbocycles. The molecule has 0 aromatic carbocycles. The second-order valence-corrected chi connectivity index (χ2v) is 29.0. The number of aliphatic hydroxyl groups is 2. The van der Waals surface area contributed by atoms with Crippen LogP contribution in [0.1, 0.15) is 303 Å². The third-order valence-corrected chi connectivity index (χ3v) is 18.1. The molecule has 0 spiro atoms. The van der Waals surface area contributed by atoms with E-state index in [0.29, 0.717) is 19.3 Å². The second-order valence-electron chi connectivity index (χ2n) is 26.1. The number of rotatable bonds is 74. The zero-order valence-electron chi connectivity index (χ0n) is 64.2. The molecule has 18 heteroatoms. The Morgan fingerprint density at radius 2 is 0.515 bits per heavy atom. The smallest absolute Gasteiger partial charge is 0.463 e. The lowest BCUT2D eigenvalue weighted by molar-refractivity contribution is -0.161. The molecule has 16 nitrogen and oxygen atoms in total. The van der Waals surface area contributed by atoms with Gasteiger partial charge in [-0.2, -0.15) is 0 Å². The van der Waals surface area contributed by atoms with Crippen LogP contribution in [0.5, 0.6) is 0 Å². The van der Waals surface area contributed by atoms with Crippen molar-refractivity contribution in [2.24, 2.45) is 0 Å². The molecule has 0 aliphatic heterocycles. The zero-order chi connectivity index (χ0) is 75.2. The molecule has 0 bridgehead atoms. The van der Waals surface area contributed by atoms with Gasteiger partial charge < -0.3 is 34.2 Å². The van der Waals surface area contributed by atoms with E-state index in [4.69, 9.17) is 32.3 Å². The molecule has 588 valence electrons. The van der Waals surface area contributed by atoms with E-state index in [1.54, 1.807) is 0 Å². The first-order valence-electron chi connectivity index (χ1n) is 39.8. The summed E-state index contributed by atoms with van der Waals surface area (Å²) in [6.07, 6.45) is 95.9. The number of phosphoric acid groups is 2. The van der Waals surface area contributed by atoms with Gasteiger partial charge in [-0.15, -0.1) is 0 Å². The van der Waals surface area contributed by atoms with Gasteiger partial charge in [0.15, 0.2) is 6.10 Å². The molecule has 103 heavy (non-hydrogen) atoms. The number of esters is 3. The minimum atomic E-state index is -4.94. The lowest BCUT2D eigenvalue weighted by Gasteiger charge is -2.21. The summed E-state index contributed by atoms with van der Waals surface area (Å²) in [6, 6.07) is 0. The van der Waals surface area contributed by atoms with E-state index in [2.05, 4.69) is 179 Å². The monoisotopic (exact) mass is 1480 g/mol. The van der Waals surface area contributed by atoms with E-state index < -0.39 is 91.5 Å². The summed E-state index contributed by atoms with van der Waals surface area (Å²) >= 11 is 0. The Bertz CT molecular complexity index is 2500. The fraction of sp³-hybridized carbons (Fsp3) is 0.659. The summed E-state index contributed by atoms with van der Waals surface area (Å²) in [5, 5.41) is 20.6. The number of phosphoric ester groups is 2. The summed E-state index contributed by atoms with van der Waals surface area (Å²) < 4.78 is 61.1. The summed E-state index contributed by atoms with van der Waals surface area (Å²) in [4.78, 5) is 58.6. The first-order valence-corrected chi connectivity index (χ1v) is 42.8. The Hall–Kier alpha value is -4.83. The van der Waals surface area contributed by atoms with E-state index in [0.717, 1.165) is 161 Å². The van der Waals surface area contributed by atoms with Crippen molar-refractivity contribution >= 4 is 33.6 Å². The SMILES string of the molecule is CC/C=C\C/C=C\C/C=C\C/C=C\C/C=C\C/C=C\CCCCCCCCCCCCCCCCC(=O)OCC(O)COP(=O)(O)OCC(O)COP(=O)(O)OCC(COC(=O)CCCCC/C=C\C/C=C\C/C=C\C/C=C\C/C=C\CC)OC(=O)CCCCCCC/C=C\C/C=C\CCCCC. The van der Waals surface area contributed by atoms with Crippen molar-refractivity contribution in [3.63, 3.8) is 0 Å². The van der Waals surface area contributed by atoms with Crippen LogP contribution in [0.3, 0.4) is 0 Å². The number of hydrogen-bond donors (Lipinski definition) is 4. The topological polar surface area (TPSA) is 231 Å². The molecule has 0 saturated heterocycles. The van der Waals surface area contributed by atoms with Crippen LogP contribution in [-0.2, 0) is 55.8 Å². The van der Waals surface area contributed by atoms with Crippen LogP contribution in [0.25, 0.3) is 0 Å². The molecule has 0 fully saturated rings. The number of allylic oxidation sites excluding steroid dienone is 26. The number of unbranched alkanes of at least 4 members (excludes halogenated alkanes) is 25. The molecular formula is C85H142O16P2. The van der Waals surface area contributed by atoms with Gasteiger partial charge >= 0.3 is 33.6 Å². The van der Waals surface area contributed by atoms with E-state index in [1.807, 2.05) is 0 Å². The predicted molar refractivity (Wildman–Crippen MR) is 426 cm³/mol. The van der Waals surface area contributed by atoms with Gasteiger partial charge in [-0.1, -0.05) is 294 Å². The highest BCUT2D eigenvalue weighted by Crippen LogP contribution is 2.45. The largest absolute Gasteiger partial charge is 0.472 e. The number of carbonyl (C=O) groups is 3. The highest BCUT2D eigenvalue weighted by Gasteiger charge is 2.29. The Labute approximate surface area is 625 Å². The minimum absolute atomic E-state index is 0.0771. The number of aliphatic hydroxyl groups excluding tert-OH is 2. The standard InChI is InChI=1S/C85H142O16P2/c1-4-7-10-13-16-19-22-25-28-30-32-33-34-35-36-37-38-39-40-41-42-43-44-45-47-49-51-53-56-59-62-65-68-71-83(88)95-74-80(86)75-97-102(91,92)98-76-81(87)77-99-103(93,94)100-79-82(101-85(90)73-70-67-64-61-58-55-50-27-24-21-18-15-12-9-6-3)78-96-84(89)72-69-66-63-60-57-54-52-48-46-31-29-26-23-20-17-14-11-8-5-2/h7-8,10-11,16-21,25-29,32-33,35-36,38-39,46,48,50,54,57,80-82,86-87H,4-6,9,12-15,22-24,30-31,34,37,40-45,47,49,51-53,55-56,58-79H2,1-3H3,(H,91,92)(H,93,94)/b10-7-,11-8-,19-16-,20-17-,21-18-,28-25-,29-26-,33-32-,36-35-,39-38-,48-46-,50-27-,57-54-. The van der Waals surface area contributed by atoms with Gasteiger partial charge in [-0.25, -0.2) is 9.13 Å². The van der Waals surface area contributed by atoms with Crippen LogP contribution < -0.4 is 0 Å². The molecule has 0 aliphatic rings. The van der Waals surface area contributed by atoms with Crippen molar-refractivity contribution in [3.8, 4) is 0 Å². The normalized spacial score (nSPS) is 14.8. The lowest BCUT2D eigenvalue weighted by atomic mass is 10.0. The Morgan fingerprint density at radius 1 is 0.282 bits per heavy atom. The third-order valence-electron chi connectivity index (χ3n) is 16.2. The first-order chi connectivity index (χ1) is 50.2. The van der Waals surface area contributed by atoms with Gasteiger partial charge in [-0.3, -0.25) is 32.5 Å². The van der Waals surface area contributed by atoms with Crippen molar-refractivity contribution in [2.45, 2.75) is 322 Å². The highest BCUT2D eigenvalue weighted by molar-refractivity contribution is 7.47. The maximum absolute atomic E-state index is 12.9. The average Bonchev–Trinajstić information content (AvgIpc) is 0.916. The maximum atomic E-state index is 12.9. The second kappa shape index (κ2) is 76.8. The van der Waals surface area contributed by atoms with E-state index in [1.165, 1.54) is 83.5 Å². The van der Waals surface area contributed by atoms with E-state index in [-0.39, 0.29) is 19.3 Å². The van der Waals surface area contributed by atoms with Crippen molar-refractivity contribution in [1.82, 2.24) is 0 Å². The molecule has 0 aromatic heterocycles.